The molecule has 1 N–H and O–H groups in total. The van der Waals surface area contributed by atoms with E-state index < -0.39 is 0 Å². The van der Waals surface area contributed by atoms with Crippen LogP contribution < -0.4 is 0 Å². The molecule has 2 nitrogen and oxygen atoms in total. The first-order valence-corrected chi connectivity index (χ1v) is 5.20. The van der Waals surface area contributed by atoms with Crippen molar-refractivity contribution in [1.82, 2.24) is 9.97 Å². The number of nitrogens with zero attached hydrogens (tertiary/aromatic N) is 1. The van der Waals surface area contributed by atoms with Crippen LogP contribution in [0.2, 0.25) is 5.15 Å². The van der Waals surface area contributed by atoms with Gasteiger partial charge in [0.2, 0.25) is 0 Å². The molecule has 0 saturated heterocycles. The smallest absolute Gasteiger partial charge is 0.126 e. The van der Waals surface area contributed by atoms with E-state index >= 15 is 0 Å². The van der Waals surface area contributed by atoms with Crippen molar-refractivity contribution in [2.45, 2.75) is 12.8 Å². The minimum absolute atomic E-state index is 0.456. The summed E-state index contributed by atoms with van der Waals surface area (Å²) in [6.07, 6.45) is 3.73. The summed E-state index contributed by atoms with van der Waals surface area (Å²) in [5, 5.41) is 0.618. The van der Waals surface area contributed by atoms with Gasteiger partial charge in [0, 0.05) is 11.7 Å². The molecular weight excluding hydrogens is 180 g/mol. The predicted octanol–water partition coefficient (Wildman–Crippen LogP) is 2.53. The highest BCUT2D eigenvalue weighted by Gasteiger charge is 2.07. The molecule has 0 spiro atoms. The zero-order valence-electron chi connectivity index (χ0n) is 6.60. The largest absolute Gasteiger partial charge is 0.333 e. The molecule has 0 radical (unpaired) electrons. The average Bonchev–Trinajstić information content (AvgIpc) is 2.36. The van der Waals surface area contributed by atoms with Crippen molar-refractivity contribution in [3.8, 4) is 0 Å². The molecule has 0 aromatic carbocycles. The van der Waals surface area contributed by atoms with Gasteiger partial charge in [-0.2, -0.15) is 11.8 Å². The minimum Gasteiger partial charge on any atom is -0.333 e. The second-order valence-electron chi connectivity index (χ2n) is 2.47. The third-order valence-electron chi connectivity index (χ3n) is 1.45. The lowest BCUT2D eigenvalue weighted by molar-refractivity contribution is 0.806. The lowest BCUT2D eigenvalue weighted by atomic mass is 10.2. The van der Waals surface area contributed by atoms with Crippen LogP contribution in [-0.2, 0) is 0 Å². The molecule has 1 aromatic rings. The Balaban J connectivity index is 2.60. The molecule has 0 aliphatic rings. The van der Waals surface area contributed by atoms with Crippen molar-refractivity contribution < 1.29 is 0 Å². The van der Waals surface area contributed by atoms with Gasteiger partial charge in [-0.15, -0.1) is 0 Å². The topological polar surface area (TPSA) is 28.7 Å². The average molecular weight is 191 g/mol. The maximum absolute atomic E-state index is 5.68. The van der Waals surface area contributed by atoms with Gasteiger partial charge in [-0.05, 0) is 6.26 Å². The van der Waals surface area contributed by atoms with Crippen LogP contribution in [0.3, 0.4) is 0 Å². The molecule has 1 aromatic heterocycles. The summed E-state index contributed by atoms with van der Waals surface area (Å²) in [6.45, 7) is 2.13. The van der Waals surface area contributed by atoms with E-state index in [4.69, 9.17) is 11.6 Å². The Morgan fingerprint density at radius 3 is 3.00 bits per heavy atom. The van der Waals surface area contributed by atoms with Crippen LogP contribution in [-0.4, -0.2) is 22.0 Å². The predicted molar refractivity (Wildman–Crippen MR) is 50.4 cm³/mol. The number of imidazole rings is 1. The van der Waals surface area contributed by atoms with E-state index in [0.717, 1.165) is 11.6 Å². The molecule has 1 unspecified atom stereocenters. The van der Waals surface area contributed by atoms with E-state index in [-0.39, 0.29) is 0 Å². The van der Waals surface area contributed by atoms with Crippen molar-refractivity contribution in [3.05, 3.63) is 17.2 Å². The van der Waals surface area contributed by atoms with Crippen LogP contribution >= 0.6 is 23.4 Å². The maximum atomic E-state index is 5.68. The summed E-state index contributed by atoms with van der Waals surface area (Å²) in [5.41, 5.74) is 0. The molecule has 0 amide bonds. The van der Waals surface area contributed by atoms with Crippen LogP contribution in [0.5, 0.6) is 0 Å². The number of thioether (sulfide) groups is 1. The van der Waals surface area contributed by atoms with Crippen molar-refractivity contribution in [2.24, 2.45) is 0 Å². The monoisotopic (exact) mass is 190 g/mol. The number of rotatable bonds is 3. The Hall–Kier alpha value is -0.150. The standard InChI is InChI=1S/C7H11ClN2S/c1-5(4-11-2)7-9-3-6(8)10-7/h3,5H,4H2,1-2H3,(H,9,10). The first-order chi connectivity index (χ1) is 5.24. The summed E-state index contributed by atoms with van der Waals surface area (Å²) in [4.78, 5) is 7.14. The van der Waals surface area contributed by atoms with Gasteiger partial charge in [0.15, 0.2) is 0 Å². The summed E-state index contributed by atoms with van der Waals surface area (Å²) in [7, 11) is 0. The van der Waals surface area contributed by atoms with E-state index in [1.54, 1.807) is 6.20 Å². The van der Waals surface area contributed by atoms with Crippen LogP contribution in [0.25, 0.3) is 0 Å². The van der Waals surface area contributed by atoms with E-state index in [0.29, 0.717) is 11.1 Å². The van der Waals surface area contributed by atoms with Gasteiger partial charge in [0.1, 0.15) is 11.0 Å². The van der Waals surface area contributed by atoms with Gasteiger partial charge in [0.05, 0.1) is 6.20 Å². The number of halogens is 1. The number of aromatic amines is 1. The van der Waals surface area contributed by atoms with E-state index in [9.17, 15) is 0 Å². The fourth-order valence-corrected chi connectivity index (χ4v) is 1.70. The SMILES string of the molecule is CSCC(C)c1ncc(Cl)[nH]1. The Morgan fingerprint density at radius 1 is 1.82 bits per heavy atom. The fraction of sp³-hybridized carbons (Fsp3) is 0.571. The highest BCUT2D eigenvalue weighted by molar-refractivity contribution is 7.98. The maximum Gasteiger partial charge on any atom is 0.126 e. The van der Waals surface area contributed by atoms with Crippen molar-refractivity contribution in [2.75, 3.05) is 12.0 Å². The first kappa shape index (κ1) is 8.94. The van der Waals surface area contributed by atoms with Crippen molar-refractivity contribution in [3.63, 3.8) is 0 Å². The van der Waals surface area contributed by atoms with Gasteiger partial charge in [-0.3, -0.25) is 0 Å². The van der Waals surface area contributed by atoms with Gasteiger partial charge < -0.3 is 4.98 Å². The van der Waals surface area contributed by atoms with E-state index in [1.165, 1.54) is 0 Å². The quantitative estimate of drug-likeness (QED) is 0.794. The van der Waals surface area contributed by atoms with Gasteiger partial charge in [-0.1, -0.05) is 18.5 Å². The second kappa shape index (κ2) is 4.02. The Labute approximate surface area is 75.7 Å². The highest BCUT2D eigenvalue weighted by Crippen LogP contribution is 2.17. The molecule has 0 aliphatic heterocycles. The lowest BCUT2D eigenvalue weighted by Crippen LogP contribution is -1.98. The Kier molecular flexibility index (Phi) is 3.27. The third-order valence-corrected chi connectivity index (χ3v) is 2.47. The van der Waals surface area contributed by atoms with Crippen LogP contribution in [0.1, 0.15) is 18.7 Å². The highest BCUT2D eigenvalue weighted by atomic mass is 35.5. The van der Waals surface area contributed by atoms with Gasteiger partial charge in [0.25, 0.3) is 0 Å². The van der Waals surface area contributed by atoms with Crippen LogP contribution in [0.15, 0.2) is 6.20 Å². The molecule has 4 heteroatoms. The molecular formula is C7H11ClN2S. The first-order valence-electron chi connectivity index (χ1n) is 3.43. The Morgan fingerprint density at radius 2 is 2.55 bits per heavy atom. The van der Waals surface area contributed by atoms with Gasteiger partial charge >= 0.3 is 0 Å². The number of H-pyrrole nitrogens is 1. The summed E-state index contributed by atoms with van der Waals surface area (Å²) >= 11 is 7.49. The minimum atomic E-state index is 0.456. The van der Waals surface area contributed by atoms with Crippen LogP contribution in [0, 0.1) is 0 Å². The number of nitrogens with one attached hydrogen (secondary N) is 1. The molecule has 0 aliphatic carbocycles. The Bertz CT molecular complexity index is 224. The normalized spacial score (nSPS) is 13.4. The molecule has 1 heterocycles. The summed E-state index contributed by atoms with van der Waals surface area (Å²) in [6, 6.07) is 0. The number of hydrogen-bond donors (Lipinski definition) is 1. The second-order valence-corrected chi connectivity index (χ2v) is 3.79. The third kappa shape index (κ3) is 2.42. The van der Waals surface area contributed by atoms with Gasteiger partial charge in [-0.25, -0.2) is 4.98 Å². The molecule has 62 valence electrons. The van der Waals surface area contributed by atoms with E-state index in [1.807, 2.05) is 11.8 Å². The fourth-order valence-electron chi connectivity index (χ4n) is 0.892. The molecule has 0 saturated carbocycles. The lowest BCUT2D eigenvalue weighted by Gasteiger charge is -2.04. The zero-order valence-corrected chi connectivity index (χ0v) is 8.17. The molecule has 0 bridgehead atoms. The number of hydrogen-bond acceptors (Lipinski definition) is 2. The zero-order chi connectivity index (χ0) is 8.27. The molecule has 0 fully saturated rings. The molecule has 11 heavy (non-hydrogen) atoms. The molecule has 1 atom stereocenters. The van der Waals surface area contributed by atoms with Crippen molar-refractivity contribution in [1.29, 1.82) is 0 Å². The van der Waals surface area contributed by atoms with Crippen molar-refractivity contribution >= 4 is 23.4 Å². The van der Waals surface area contributed by atoms with E-state index in [2.05, 4.69) is 23.1 Å². The van der Waals surface area contributed by atoms with Crippen LogP contribution in [0.4, 0.5) is 0 Å². The summed E-state index contributed by atoms with van der Waals surface area (Å²) in [5.74, 6) is 2.51. The summed E-state index contributed by atoms with van der Waals surface area (Å²) < 4.78 is 0. The molecule has 1 rings (SSSR count). The number of aromatic nitrogens is 2.